The summed E-state index contributed by atoms with van der Waals surface area (Å²) in [4.78, 5) is 10.4. The molecule has 0 aromatic carbocycles. The van der Waals surface area contributed by atoms with Gasteiger partial charge in [-0.15, -0.1) is 24.0 Å². The lowest BCUT2D eigenvalue weighted by atomic mass is 10.2. The molecule has 0 aliphatic carbocycles. The Morgan fingerprint density at radius 1 is 1.23 bits per heavy atom. The average Bonchev–Trinajstić information content (AvgIpc) is 2.57. The van der Waals surface area contributed by atoms with E-state index in [0.29, 0.717) is 39.3 Å². The van der Waals surface area contributed by atoms with Gasteiger partial charge in [-0.2, -0.15) is 13.2 Å². The maximum Gasteiger partial charge on any atom is 0.403 e. The third-order valence-electron chi connectivity index (χ3n) is 4.76. The molecule has 1 N–H and O–H groups in total. The predicted molar refractivity (Wildman–Crippen MR) is 107 cm³/mol. The number of hydrogen-bond donors (Lipinski definition) is 1. The number of morpholine rings is 1. The molecule has 2 saturated heterocycles. The predicted octanol–water partition coefficient (Wildman–Crippen LogP) is 1.47. The molecule has 10 heteroatoms. The molecule has 2 aliphatic heterocycles. The SMILES string of the molecule is CCNC(=NCC1CN(C)CCO1)N1CCN(C(C)C(F)(F)F)CC1.I. The van der Waals surface area contributed by atoms with Crippen LogP contribution < -0.4 is 5.32 Å². The number of nitrogens with zero attached hydrogens (tertiary/aromatic N) is 4. The van der Waals surface area contributed by atoms with Crippen molar-refractivity contribution in [3.05, 3.63) is 0 Å². The minimum Gasteiger partial charge on any atom is -0.374 e. The van der Waals surface area contributed by atoms with Gasteiger partial charge < -0.3 is 19.9 Å². The first kappa shape index (κ1) is 23.7. The smallest absolute Gasteiger partial charge is 0.374 e. The van der Waals surface area contributed by atoms with E-state index in [1.54, 1.807) is 0 Å². The van der Waals surface area contributed by atoms with Crippen LogP contribution in [0.25, 0.3) is 0 Å². The van der Waals surface area contributed by atoms with Gasteiger partial charge in [0.05, 0.1) is 19.3 Å². The lowest BCUT2D eigenvalue weighted by Gasteiger charge is -2.39. The molecule has 2 fully saturated rings. The van der Waals surface area contributed by atoms with Crippen LogP contribution in [0.4, 0.5) is 13.2 Å². The van der Waals surface area contributed by atoms with Gasteiger partial charge in [0.25, 0.3) is 0 Å². The van der Waals surface area contributed by atoms with Crippen molar-refractivity contribution >= 4 is 29.9 Å². The van der Waals surface area contributed by atoms with Gasteiger partial charge in [0, 0.05) is 45.8 Å². The topological polar surface area (TPSA) is 43.3 Å². The molecule has 0 bridgehead atoms. The zero-order valence-electron chi connectivity index (χ0n) is 15.8. The lowest BCUT2D eigenvalue weighted by Crippen LogP contribution is -2.57. The van der Waals surface area contributed by atoms with E-state index in [2.05, 4.69) is 22.3 Å². The Hall–Kier alpha value is -0.330. The highest BCUT2D eigenvalue weighted by molar-refractivity contribution is 14.0. The number of likely N-dealkylation sites (N-methyl/N-ethyl adjacent to an activating group) is 1. The molecule has 2 unspecified atom stereocenters. The van der Waals surface area contributed by atoms with Crippen molar-refractivity contribution in [1.82, 2.24) is 20.0 Å². The molecular weight excluding hydrogens is 462 g/mol. The number of rotatable bonds is 4. The summed E-state index contributed by atoms with van der Waals surface area (Å²) in [7, 11) is 2.06. The Morgan fingerprint density at radius 2 is 1.88 bits per heavy atom. The van der Waals surface area contributed by atoms with Gasteiger partial charge in [-0.05, 0) is 20.9 Å². The lowest BCUT2D eigenvalue weighted by molar-refractivity contribution is -0.181. The van der Waals surface area contributed by atoms with Crippen molar-refractivity contribution in [2.75, 3.05) is 66.0 Å². The Labute approximate surface area is 171 Å². The van der Waals surface area contributed by atoms with Crippen molar-refractivity contribution in [2.24, 2.45) is 4.99 Å². The minimum atomic E-state index is -4.18. The van der Waals surface area contributed by atoms with Gasteiger partial charge in [-0.25, -0.2) is 0 Å². The summed E-state index contributed by atoms with van der Waals surface area (Å²) in [6.45, 7) is 8.83. The Kier molecular flexibility index (Phi) is 9.91. The summed E-state index contributed by atoms with van der Waals surface area (Å²) in [6.07, 6.45) is -4.11. The van der Waals surface area contributed by atoms with Gasteiger partial charge in [0.2, 0.25) is 0 Å². The third-order valence-corrected chi connectivity index (χ3v) is 4.76. The fourth-order valence-electron chi connectivity index (χ4n) is 3.12. The molecule has 26 heavy (non-hydrogen) atoms. The van der Waals surface area contributed by atoms with Crippen LogP contribution >= 0.6 is 24.0 Å². The number of ether oxygens (including phenoxy) is 1. The molecule has 2 aliphatic rings. The van der Waals surface area contributed by atoms with Gasteiger partial charge in [-0.3, -0.25) is 9.89 Å². The maximum absolute atomic E-state index is 12.9. The monoisotopic (exact) mass is 493 g/mol. The van der Waals surface area contributed by atoms with Crippen molar-refractivity contribution in [3.63, 3.8) is 0 Å². The highest BCUT2D eigenvalue weighted by Crippen LogP contribution is 2.25. The molecule has 154 valence electrons. The Bertz CT molecular complexity index is 444. The minimum absolute atomic E-state index is 0. The van der Waals surface area contributed by atoms with Crippen LogP contribution in [-0.2, 0) is 4.74 Å². The van der Waals surface area contributed by atoms with Crippen LogP contribution in [0.15, 0.2) is 4.99 Å². The number of alkyl halides is 3. The normalized spacial score (nSPS) is 24.9. The summed E-state index contributed by atoms with van der Waals surface area (Å²) in [6, 6.07) is -1.40. The van der Waals surface area contributed by atoms with Crippen LogP contribution in [0.1, 0.15) is 13.8 Å². The summed E-state index contributed by atoms with van der Waals surface area (Å²) in [5, 5.41) is 3.24. The summed E-state index contributed by atoms with van der Waals surface area (Å²) >= 11 is 0. The standard InChI is InChI=1S/C16H30F3N5O.HI/c1-4-20-15(21-11-14-12-22(3)9-10-25-14)24-7-5-23(6-8-24)13(2)16(17,18)19;/h13-14H,4-12H2,1-3H3,(H,20,21);1H. The van der Waals surface area contributed by atoms with Crippen LogP contribution in [0.3, 0.4) is 0 Å². The second kappa shape index (κ2) is 10.9. The van der Waals surface area contributed by atoms with E-state index in [4.69, 9.17) is 4.74 Å². The number of nitrogens with one attached hydrogen (secondary N) is 1. The van der Waals surface area contributed by atoms with E-state index >= 15 is 0 Å². The van der Waals surface area contributed by atoms with E-state index in [9.17, 15) is 13.2 Å². The molecule has 0 spiro atoms. The van der Waals surface area contributed by atoms with E-state index in [1.165, 1.54) is 11.8 Å². The first-order valence-corrected chi connectivity index (χ1v) is 8.95. The molecule has 0 aromatic heterocycles. The fraction of sp³-hybridized carbons (Fsp3) is 0.938. The highest BCUT2D eigenvalue weighted by atomic mass is 127. The van der Waals surface area contributed by atoms with Crippen molar-refractivity contribution in [1.29, 1.82) is 0 Å². The molecule has 2 rings (SSSR count). The van der Waals surface area contributed by atoms with Crippen molar-refractivity contribution in [2.45, 2.75) is 32.2 Å². The largest absolute Gasteiger partial charge is 0.403 e. The first-order chi connectivity index (χ1) is 11.8. The molecule has 0 aromatic rings. The summed E-state index contributed by atoms with van der Waals surface area (Å²) in [5.74, 6) is 0.763. The van der Waals surface area contributed by atoms with Crippen LogP contribution in [-0.4, -0.2) is 105 Å². The summed E-state index contributed by atoms with van der Waals surface area (Å²) < 4.78 is 44.3. The van der Waals surface area contributed by atoms with Gasteiger partial charge in [0.15, 0.2) is 5.96 Å². The van der Waals surface area contributed by atoms with Crippen LogP contribution in [0.5, 0.6) is 0 Å². The van der Waals surface area contributed by atoms with Crippen LogP contribution in [0, 0.1) is 0 Å². The highest BCUT2D eigenvalue weighted by Gasteiger charge is 2.41. The average molecular weight is 493 g/mol. The molecule has 0 radical (unpaired) electrons. The molecule has 2 atom stereocenters. The number of aliphatic imine (C=N–C) groups is 1. The van der Waals surface area contributed by atoms with E-state index in [1.807, 2.05) is 11.8 Å². The zero-order chi connectivity index (χ0) is 18.4. The number of piperazine rings is 1. The van der Waals surface area contributed by atoms with Crippen molar-refractivity contribution < 1.29 is 17.9 Å². The van der Waals surface area contributed by atoms with Gasteiger partial charge in [0.1, 0.15) is 6.04 Å². The van der Waals surface area contributed by atoms with E-state index in [0.717, 1.165) is 25.6 Å². The van der Waals surface area contributed by atoms with Crippen LogP contribution in [0.2, 0.25) is 0 Å². The molecule has 0 amide bonds. The van der Waals surface area contributed by atoms with Crippen molar-refractivity contribution in [3.8, 4) is 0 Å². The molecule has 0 saturated carbocycles. The number of guanidine groups is 1. The number of halogens is 4. The quantitative estimate of drug-likeness (QED) is 0.365. The second-order valence-electron chi connectivity index (χ2n) is 6.69. The fourth-order valence-corrected chi connectivity index (χ4v) is 3.12. The number of hydrogen-bond acceptors (Lipinski definition) is 4. The van der Waals surface area contributed by atoms with E-state index < -0.39 is 12.2 Å². The maximum atomic E-state index is 12.9. The second-order valence-corrected chi connectivity index (χ2v) is 6.69. The Morgan fingerprint density at radius 3 is 2.42 bits per heavy atom. The zero-order valence-corrected chi connectivity index (χ0v) is 18.1. The van der Waals surface area contributed by atoms with Gasteiger partial charge in [-0.1, -0.05) is 0 Å². The molecule has 2 heterocycles. The molecular formula is C16H31F3IN5O. The van der Waals surface area contributed by atoms with Gasteiger partial charge >= 0.3 is 6.18 Å². The van der Waals surface area contributed by atoms with E-state index in [-0.39, 0.29) is 30.1 Å². The third kappa shape index (κ3) is 7.01. The summed E-state index contributed by atoms with van der Waals surface area (Å²) in [5.41, 5.74) is 0. The molecule has 6 nitrogen and oxygen atoms in total. The Balaban J connectivity index is 0.00000338. The first-order valence-electron chi connectivity index (χ1n) is 8.95.